The van der Waals surface area contributed by atoms with Gasteiger partial charge in [-0.05, 0) is 72.1 Å². The number of hydrogen-bond donors (Lipinski definition) is 1. The molecule has 1 aliphatic heterocycles. The topological polar surface area (TPSA) is 77.9 Å². The molecule has 0 bridgehead atoms. The monoisotopic (exact) mass is 549 g/mol. The van der Waals surface area contributed by atoms with Crippen LogP contribution in [0.1, 0.15) is 102 Å². The van der Waals surface area contributed by atoms with Crippen molar-refractivity contribution in [2.24, 2.45) is 5.73 Å². The van der Waals surface area contributed by atoms with Crippen molar-refractivity contribution >= 4 is 14.0 Å². The van der Waals surface area contributed by atoms with Crippen molar-refractivity contribution in [3.63, 3.8) is 0 Å². The Kier molecular flexibility index (Phi) is 8.47. The second-order valence-electron chi connectivity index (χ2n) is 12.4. The minimum absolute atomic E-state index is 0.00538. The predicted octanol–water partition coefficient (Wildman–Crippen LogP) is 6.97. The number of ether oxygens (including phenoxy) is 1. The van der Waals surface area contributed by atoms with Crippen molar-refractivity contribution in [2.75, 3.05) is 19.7 Å². The minimum atomic E-state index is -1.87. The SMILES string of the molecule is CC(C)[Si](OCCN1CCC[C@H]1c1nnc2ccc(O[C@@H]3CC[C@H](N)c4ccccc43)cn12)(C(C)C)C(C)C. The minimum Gasteiger partial charge on any atom is -0.484 e. The molecule has 1 fully saturated rings. The average molecular weight is 550 g/mol. The molecule has 2 aromatic heterocycles. The van der Waals surface area contributed by atoms with Crippen LogP contribution in [0.5, 0.6) is 5.75 Å². The van der Waals surface area contributed by atoms with Gasteiger partial charge in [0.25, 0.3) is 0 Å². The fourth-order valence-corrected chi connectivity index (χ4v) is 12.9. The Morgan fingerprint density at radius 3 is 2.36 bits per heavy atom. The van der Waals surface area contributed by atoms with E-state index in [0.29, 0.717) is 16.6 Å². The smallest absolute Gasteiger partial charge is 0.200 e. The Balaban J connectivity index is 1.32. The van der Waals surface area contributed by atoms with Gasteiger partial charge in [-0.2, -0.15) is 0 Å². The third-order valence-electron chi connectivity index (χ3n) is 9.26. The van der Waals surface area contributed by atoms with Gasteiger partial charge in [-0.25, -0.2) is 0 Å². The zero-order valence-corrected chi connectivity index (χ0v) is 25.6. The summed E-state index contributed by atoms with van der Waals surface area (Å²) >= 11 is 0. The zero-order chi connectivity index (χ0) is 27.7. The van der Waals surface area contributed by atoms with Crippen molar-refractivity contribution in [1.29, 1.82) is 0 Å². The Morgan fingerprint density at radius 1 is 0.923 bits per heavy atom. The lowest BCUT2D eigenvalue weighted by atomic mass is 9.86. The summed E-state index contributed by atoms with van der Waals surface area (Å²) in [4.78, 5) is 2.54. The molecule has 8 heteroatoms. The van der Waals surface area contributed by atoms with Crippen molar-refractivity contribution in [1.82, 2.24) is 19.5 Å². The molecule has 3 atom stereocenters. The highest BCUT2D eigenvalue weighted by molar-refractivity contribution is 6.77. The van der Waals surface area contributed by atoms with Gasteiger partial charge >= 0.3 is 0 Å². The van der Waals surface area contributed by atoms with Crippen LogP contribution in [-0.2, 0) is 4.43 Å². The lowest BCUT2D eigenvalue weighted by molar-refractivity contribution is 0.174. The van der Waals surface area contributed by atoms with E-state index in [4.69, 9.17) is 14.9 Å². The number of nitrogens with zero attached hydrogens (tertiary/aromatic N) is 4. The lowest BCUT2D eigenvalue weighted by Crippen LogP contribution is -2.49. The van der Waals surface area contributed by atoms with Gasteiger partial charge in [0.2, 0.25) is 0 Å². The van der Waals surface area contributed by atoms with Gasteiger partial charge in [-0.1, -0.05) is 65.8 Å². The van der Waals surface area contributed by atoms with Crippen LogP contribution in [0.4, 0.5) is 0 Å². The van der Waals surface area contributed by atoms with Crippen molar-refractivity contribution < 1.29 is 9.16 Å². The summed E-state index contributed by atoms with van der Waals surface area (Å²) in [6.45, 7) is 16.9. The summed E-state index contributed by atoms with van der Waals surface area (Å²) in [7, 11) is -1.87. The molecule has 0 radical (unpaired) electrons. The third-order valence-corrected chi connectivity index (χ3v) is 15.4. The first-order valence-electron chi connectivity index (χ1n) is 15.0. The maximum atomic E-state index is 6.89. The molecule has 1 aromatic carbocycles. The number of hydrogen-bond acceptors (Lipinski definition) is 6. The third kappa shape index (κ3) is 5.41. The maximum Gasteiger partial charge on any atom is 0.200 e. The molecule has 0 amide bonds. The molecule has 0 saturated carbocycles. The van der Waals surface area contributed by atoms with Crippen LogP contribution in [0.2, 0.25) is 16.6 Å². The summed E-state index contributed by atoms with van der Waals surface area (Å²) < 4.78 is 15.6. The summed E-state index contributed by atoms with van der Waals surface area (Å²) in [5, 5.41) is 9.18. The molecule has 39 heavy (non-hydrogen) atoms. The van der Waals surface area contributed by atoms with E-state index >= 15 is 0 Å². The maximum absolute atomic E-state index is 6.89. The number of fused-ring (bicyclic) bond motifs is 2. The summed E-state index contributed by atoms with van der Waals surface area (Å²) in [5.41, 5.74) is 11.4. The van der Waals surface area contributed by atoms with Crippen LogP contribution in [0.15, 0.2) is 42.6 Å². The normalized spacial score (nSPS) is 22.4. The largest absolute Gasteiger partial charge is 0.484 e. The van der Waals surface area contributed by atoms with E-state index in [1.165, 1.54) is 11.1 Å². The molecule has 3 aromatic rings. The molecular formula is C31H47N5O2Si. The standard InChI is InChI=1S/C31H47N5O2Si/c1-21(2)39(22(3)4,23(5)6)37-19-18-35-17-9-12-28(35)31-34-33-30-16-13-24(20-36(30)31)38-29-15-14-27(32)25-10-7-8-11-26(25)29/h7-8,10-11,13,16,20-23,27-29H,9,12,14-15,17-19,32H2,1-6H3/t27-,28-,29+/m0/s1. The van der Waals surface area contributed by atoms with Gasteiger partial charge < -0.3 is 14.9 Å². The van der Waals surface area contributed by atoms with E-state index < -0.39 is 8.32 Å². The summed E-state index contributed by atoms with van der Waals surface area (Å²) in [5.74, 6) is 1.84. The molecular weight excluding hydrogens is 502 g/mol. The van der Waals surface area contributed by atoms with Gasteiger partial charge in [-0.15, -0.1) is 10.2 Å². The van der Waals surface area contributed by atoms with Crippen LogP contribution in [0.3, 0.4) is 0 Å². The van der Waals surface area contributed by atoms with E-state index in [-0.39, 0.29) is 18.2 Å². The highest BCUT2D eigenvalue weighted by Gasteiger charge is 2.45. The Morgan fingerprint density at radius 2 is 1.64 bits per heavy atom. The Bertz CT molecular complexity index is 1240. The zero-order valence-electron chi connectivity index (χ0n) is 24.6. The molecule has 7 nitrogen and oxygen atoms in total. The fraction of sp³-hybridized carbons (Fsp3) is 0.613. The van der Waals surface area contributed by atoms with Crippen LogP contribution >= 0.6 is 0 Å². The van der Waals surface area contributed by atoms with E-state index in [1.807, 2.05) is 12.1 Å². The quantitative estimate of drug-likeness (QED) is 0.275. The van der Waals surface area contributed by atoms with Gasteiger partial charge in [0.05, 0.1) is 12.2 Å². The highest BCUT2D eigenvalue weighted by Crippen LogP contribution is 2.42. The Hall–Kier alpha value is -2.26. The first kappa shape index (κ1) is 28.3. The molecule has 1 saturated heterocycles. The van der Waals surface area contributed by atoms with Crippen molar-refractivity contribution in [3.05, 3.63) is 59.5 Å². The summed E-state index contributed by atoms with van der Waals surface area (Å²) in [6, 6.07) is 12.8. The number of benzene rings is 1. The van der Waals surface area contributed by atoms with Crippen LogP contribution < -0.4 is 10.5 Å². The number of nitrogens with two attached hydrogens (primary N) is 1. The second-order valence-corrected chi connectivity index (χ2v) is 17.9. The van der Waals surface area contributed by atoms with E-state index in [2.05, 4.69) is 91.5 Å². The molecule has 3 heterocycles. The van der Waals surface area contributed by atoms with Gasteiger partial charge in [0.1, 0.15) is 11.9 Å². The number of likely N-dealkylation sites (tertiary alicyclic amines) is 1. The van der Waals surface area contributed by atoms with Gasteiger partial charge in [0.15, 0.2) is 19.8 Å². The first-order valence-corrected chi connectivity index (χ1v) is 17.1. The van der Waals surface area contributed by atoms with Gasteiger partial charge in [-0.3, -0.25) is 9.30 Å². The van der Waals surface area contributed by atoms with Gasteiger partial charge in [0, 0.05) is 19.2 Å². The second kappa shape index (κ2) is 11.7. The molecule has 2 N–H and O–H groups in total. The van der Waals surface area contributed by atoms with Crippen LogP contribution in [-0.4, -0.2) is 47.5 Å². The van der Waals surface area contributed by atoms with Crippen molar-refractivity contribution in [3.8, 4) is 5.75 Å². The molecule has 212 valence electrons. The predicted molar refractivity (Wildman–Crippen MR) is 160 cm³/mol. The number of rotatable bonds is 10. The number of pyridine rings is 1. The molecule has 2 aliphatic rings. The van der Waals surface area contributed by atoms with Crippen molar-refractivity contribution in [2.45, 2.75) is 102 Å². The van der Waals surface area contributed by atoms with E-state index in [9.17, 15) is 0 Å². The number of aromatic nitrogens is 3. The van der Waals surface area contributed by atoms with E-state index in [1.54, 1.807) is 0 Å². The molecule has 5 rings (SSSR count). The highest BCUT2D eigenvalue weighted by atomic mass is 28.4. The Labute approximate surface area is 235 Å². The fourth-order valence-electron chi connectivity index (χ4n) is 7.48. The molecule has 0 unspecified atom stereocenters. The van der Waals surface area contributed by atoms with Crippen LogP contribution in [0.25, 0.3) is 5.65 Å². The van der Waals surface area contributed by atoms with Crippen LogP contribution in [0, 0.1) is 0 Å². The van der Waals surface area contributed by atoms with E-state index in [0.717, 1.165) is 62.6 Å². The first-order chi connectivity index (χ1) is 18.7. The molecule has 1 aliphatic carbocycles. The lowest BCUT2D eigenvalue weighted by Gasteiger charge is -2.42. The molecule has 0 spiro atoms. The average Bonchev–Trinajstić information content (AvgIpc) is 3.54. The summed E-state index contributed by atoms with van der Waals surface area (Å²) in [6.07, 6.45) is 6.16.